The molecule has 0 radical (unpaired) electrons. The van der Waals surface area contributed by atoms with E-state index in [-0.39, 0.29) is 9.92 Å². The van der Waals surface area contributed by atoms with Crippen LogP contribution in [0.1, 0.15) is 5.56 Å². The second-order valence-electron chi connectivity index (χ2n) is 5.09. The summed E-state index contributed by atoms with van der Waals surface area (Å²) in [5.74, 6) is -0.602. The van der Waals surface area contributed by atoms with Gasteiger partial charge in [0.2, 0.25) is 0 Å². The first kappa shape index (κ1) is 16.5. The van der Waals surface area contributed by atoms with Crippen LogP contribution in [0.4, 0.5) is 10.1 Å². The lowest BCUT2D eigenvalue weighted by atomic mass is 10.2. The fourth-order valence-corrected chi connectivity index (χ4v) is 3.74. The van der Waals surface area contributed by atoms with E-state index in [0.717, 1.165) is 23.8 Å². The van der Waals surface area contributed by atoms with Crippen LogP contribution < -0.4 is 4.72 Å². The van der Waals surface area contributed by atoms with Crippen LogP contribution in [0.3, 0.4) is 0 Å². The van der Waals surface area contributed by atoms with E-state index in [2.05, 4.69) is 9.82 Å². The van der Waals surface area contributed by atoms with Crippen molar-refractivity contribution in [2.75, 3.05) is 4.72 Å². The molecule has 0 aliphatic heterocycles. The molecule has 0 saturated carbocycles. The van der Waals surface area contributed by atoms with Crippen LogP contribution in [0.15, 0.2) is 65.8 Å². The van der Waals surface area contributed by atoms with Crippen molar-refractivity contribution in [3.8, 4) is 0 Å². The van der Waals surface area contributed by atoms with Gasteiger partial charge in [-0.05, 0) is 23.8 Å². The molecule has 1 heterocycles. The fourth-order valence-electron chi connectivity index (χ4n) is 2.18. The molecule has 0 spiro atoms. The van der Waals surface area contributed by atoms with E-state index in [4.69, 9.17) is 11.6 Å². The first-order chi connectivity index (χ1) is 11.4. The molecule has 1 N–H and O–H groups in total. The molecule has 8 heteroatoms. The fraction of sp³-hybridized carbons (Fsp3) is 0.0625. The summed E-state index contributed by atoms with van der Waals surface area (Å²) in [4.78, 5) is -0.193. The minimum absolute atomic E-state index is 0.181. The number of benzene rings is 2. The zero-order chi connectivity index (χ0) is 17.2. The molecule has 2 aromatic carbocycles. The Labute approximate surface area is 143 Å². The highest BCUT2D eigenvalue weighted by Gasteiger charge is 2.19. The Morgan fingerprint density at radius 1 is 1.17 bits per heavy atom. The third-order valence-corrected chi connectivity index (χ3v) is 5.12. The second-order valence-corrected chi connectivity index (χ2v) is 7.15. The molecular formula is C16H13ClFN3O2S. The average molecular weight is 366 g/mol. The quantitative estimate of drug-likeness (QED) is 0.752. The molecule has 0 amide bonds. The van der Waals surface area contributed by atoms with Crippen LogP contribution >= 0.6 is 11.6 Å². The summed E-state index contributed by atoms with van der Waals surface area (Å²) in [6, 6.07) is 12.8. The summed E-state index contributed by atoms with van der Waals surface area (Å²) in [5.41, 5.74) is 1.34. The summed E-state index contributed by atoms with van der Waals surface area (Å²) >= 11 is 5.81. The Hall–Kier alpha value is -2.38. The lowest BCUT2D eigenvalue weighted by Crippen LogP contribution is -2.13. The number of halogens is 2. The van der Waals surface area contributed by atoms with Gasteiger partial charge >= 0.3 is 0 Å². The molecule has 0 saturated heterocycles. The Morgan fingerprint density at radius 3 is 2.62 bits per heavy atom. The topological polar surface area (TPSA) is 64.0 Å². The molecular weight excluding hydrogens is 353 g/mol. The highest BCUT2D eigenvalue weighted by molar-refractivity contribution is 7.92. The molecule has 0 bridgehead atoms. The Balaban J connectivity index is 1.78. The van der Waals surface area contributed by atoms with Crippen molar-refractivity contribution in [2.45, 2.75) is 11.4 Å². The van der Waals surface area contributed by atoms with Gasteiger partial charge in [-0.15, -0.1) is 0 Å². The average Bonchev–Trinajstić information content (AvgIpc) is 2.94. The molecule has 3 rings (SSSR count). The van der Waals surface area contributed by atoms with Crippen molar-refractivity contribution in [1.82, 2.24) is 9.78 Å². The van der Waals surface area contributed by atoms with E-state index in [1.165, 1.54) is 6.20 Å². The maximum Gasteiger partial charge on any atom is 0.263 e. The second kappa shape index (κ2) is 6.62. The third kappa shape index (κ3) is 3.74. The molecule has 3 aromatic rings. The van der Waals surface area contributed by atoms with Crippen molar-refractivity contribution in [1.29, 1.82) is 0 Å². The van der Waals surface area contributed by atoms with Crippen LogP contribution in [-0.4, -0.2) is 18.2 Å². The van der Waals surface area contributed by atoms with Gasteiger partial charge in [0.1, 0.15) is 10.7 Å². The van der Waals surface area contributed by atoms with Gasteiger partial charge in [0.05, 0.1) is 23.5 Å². The number of aromatic nitrogens is 2. The van der Waals surface area contributed by atoms with Gasteiger partial charge in [-0.25, -0.2) is 12.8 Å². The van der Waals surface area contributed by atoms with E-state index in [9.17, 15) is 12.8 Å². The molecule has 1 aromatic heterocycles. The van der Waals surface area contributed by atoms with E-state index in [1.807, 2.05) is 30.3 Å². The van der Waals surface area contributed by atoms with Crippen LogP contribution in [0, 0.1) is 5.82 Å². The number of hydrogen-bond acceptors (Lipinski definition) is 3. The van der Waals surface area contributed by atoms with Crippen LogP contribution in [0.25, 0.3) is 0 Å². The lowest BCUT2D eigenvalue weighted by Gasteiger charge is -2.07. The first-order valence-electron chi connectivity index (χ1n) is 6.98. The Morgan fingerprint density at radius 2 is 1.92 bits per heavy atom. The predicted octanol–water partition coefficient (Wildman–Crippen LogP) is 3.52. The van der Waals surface area contributed by atoms with Gasteiger partial charge in [-0.2, -0.15) is 5.10 Å². The molecule has 124 valence electrons. The summed E-state index contributed by atoms with van der Waals surface area (Å²) < 4.78 is 41.7. The largest absolute Gasteiger partial charge is 0.276 e. The minimum Gasteiger partial charge on any atom is -0.276 e. The Bertz CT molecular complexity index is 958. The lowest BCUT2D eigenvalue weighted by molar-refractivity contribution is 0.600. The van der Waals surface area contributed by atoms with Crippen molar-refractivity contribution in [3.05, 3.63) is 77.3 Å². The molecule has 24 heavy (non-hydrogen) atoms. The minimum atomic E-state index is -3.92. The smallest absolute Gasteiger partial charge is 0.263 e. The number of nitrogens with one attached hydrogen (secondary N) is 1. The van der Waals surface area contributed by atoms with Crippen molar-refractivity contribution in [2.24, 2.45) is 0 Å². The first-order valence-corrected chi connectivity index (χ1v) is 8.84. The molecule has 5 nitrogen and oxygen atoms in total. The number of anilines is 1. The maximum atomic E-state index is 13.1. The third-order valence-electron chi connectivity index (χ3n) is 3.26. The molecule has 0 aliphatic carbocycles. The highest BCUT2D eigenvalue weighted by Crippen LogP contribution is 2.24. The number of rotatable bonds is 5. The standard InChI is InChI=1S/C16H13ClFN3O2S/c17-15-8-13(18)6-7-16(15)24(22,23)20-14-9-19-21(11-14)10-12-4-2-1-3-5-12/h1-9,11,20H,10H2. The summed E-state index contributed by atoms with van der Waals surface area (Å²) in [6.07, 6.45) is 2.97. The van der Waals surface area contributed by atoms with Crippen molar-refractivity contribution in [3.63, 3.8) is 0 Å². The number of nitrogens with zero attached hydrogens (tertiary/aromatic N) is 2. The molecule has 0 atom stereocenters. The van der Waals surface area contributed by atoms with Gasteiger partial charge in [0.25, 0.3) is 10.0 Å². The Kier molecular flexibility index (Phi) is 4.55. The van der Waals surface area contributed by atoms with Crippen LogP contribution in [-0.2, 0) is 16.6 Å². The monoisotopic (exact) mass is 365 g/mol. The van der Waals surface area contributed by atoms with Crippen molar-refractivity contribution < 1.29 is 12.8 Å². The van der Waals surface area contributed by atoms with E-state index in [0.29, 0.717) is 12.2 Å². The van der Waals surface area contributed by atoms with Crippen molar-refractivity contribution >= 4 is 27.3 Å². The number of sulfonamides is 1. The summed E-state index contributed by atoms with van der Waals surface area (Å²) in [6.45, 7) is 0.514. The molecule has 0 aliphatic rings. The van der Waals surface area contributed by atoms with Gasteiger partial charge in [-0.1, -0.05) is 41.9 Å². The maximum absolute atomic E-state index is 13.1. The normalized spacial score (nSPS) is 11.4. The SMILES string of the molecule is O=S(=O)(Nc1cnn(Cc2ccccc2)c1)c1ccc(F)cc1Cl. The van der Waals surface area contributed by atoms with Crippen LogP contribution in [0.5, 0.6) is 0 Å². The van der Waals surface area contributed by atoms with Gasteiger partial charge in [0, 0.05) is 6.20 Å². The number of hydrogen-bond donors (Lipinski definition) is 1. The summed E-state index contributed by atoms with van der Waals surface area (Å²) in [7, 11) is -3.92. The van der Waals surface area contributed by atoms with E-state index in [1.54, 1.807) is 10.9 Å². The van der Waals surface area contributed by atoms with Gasteiger partial charge < -0.3 is 0 Å². The van der Waals surface area contributed by atoms with E-state index < -0.39 is 15.8 Å². The zero-order valence-electron chi connectivity index (χ0n) is 12.4. The highest BCUT2D eigenvalue weighted by atomic mass is 35.5. The van der Waals surface area contributed by atoms with E-state index >= 15 is 0 Å². The molecule has 0 unspecified atom stereocenters. The predicted molar refractivity (Wildman–Crippen MR) is 90.0 cm³/mol. The van der Waals surface area contributed by atoms with Gasteiger partial charge in [0.15, 0.2) is 0 Å². The van der Waals surface area contributed by atoms with Crippen LogP contribution in [0.2, 0.25) is 5.02 Å². The molecule has 0 fully saturated rings. The zero-order valence-corrected chi connectivity index (χ0v) is 13.9. The summed E-state index contributed by atoms with van der Waals surface area (Å²) in [5, 5.41) is 3.94. The van der Waals surface area contributed by atoms with Gasteiger partial charge in [-0.3, -0.25) is 9.40 Å².